The first-order valence-corrected chi connectivity index (χ1v) is 9.43. The summed E-state index contributed by atoms with van der Waals surface area (Å²) in [6.45, 7) is 1.93. The van der Waals surface area contributed by atoms with E-state index in [1.807, 2.05) is 61.5 Å². The second-order valence-corrected chi connectivity index (χ2v) is 6.98. The number of phenols is 1. The van der Waals surface area contributed by atoms with E-state index < -0.39 is 6.04 Å². The van der Waals surface area contributed by atoms with Crippen LogP contribution in [-0.4, -0.2) is 23.3 Å². The predicted octanol–water partition coefficient (Wildman–Crippen LogP) is 4.65. The van der Waals surface area contributed by atoms with Crippen molar-refractivity contribution in [3.05, 3.63) is 70.7 Å². The highest BCUT2D eigenvalue weighted by Gasteiger charge is 2.15. The summed E-state index contributed by atoms with van der Waals surface area (Å²) < 4.78 is 0.977. The van der Waals surface area contributed by atoms with Crippen LogP contribution in [0.15, 0.2) is 70.2 Å². The van der Waals surface area contributed by atoms with E-state index in [0.717, 1.165) is 20.9 Å². The Hall–Kier alpha value is -2.86. The number of benzene rings is 3. The van der Waals surface area contributed by atoms with Gasteiger partial charge < -0.3 is 10.4 Å². The van der Waals surface area contributed by atoms with Crippen molar-refractivity contribution in [2.24, 2.45) is 5.10 Å². The van der Waals surface area contributed by atoms with Crippen LogP contribution >= 0.6 is 15.9 Å². The Kier molecular flexibility index (Phi) is 6.08. The first-order valence-electron chi connectivity index (χ1n) is 8.64. The van der Waals surface area contributed by atoms with Gasteiger partial charge in [0.25, 0.3) is 5.91 Å². The van der Waals surface area contributed by atoms with E-state index in [1.165, 1.54) is 6.21 Å². The standard InChI is InChI=1S/C21H20BrN3O2/c1-2-19(24-16-10-8-15(22)9-11-16)21(27)25-23-13-18-17-6-4-3-5-14(17)7-12-20(18)26/h3-13,19,24,26H,2H2,1H3,(H,25,27)/b23-13-/t19-/m1/s1. The zero-order chi connectivity index (χ0) is 19.2. The molecule has 1 atom stereocenters. The van der Waals surface area contributed by atoms with E-state index >= 15 is 0 Å². The molecule has 3 aromatic rings. The maximum Gasteiger partial charge on any atom is 0.262 e. The number of nitrogens with zero attached hydrogens (tertiary/aromatic N) is 1. The molecule has 1 amide bonds. The smallest absolute Gasteiger partial charge is 0.262 e. The number of hydrogen-bond acceptors (Lipinski definition) is 4. The van der Waals surface area contributed by atoms with E-state index in [4.69, 9.17) is 0 Å². The SMILES string of the molecule is CC[C@@H](Nc1ccc(Br)cc1)C(=O)N/N=C\c1c(O)ccc2ccccc12. The van der Waals surface area contributed by atoms with Crippen molar-refractivity contribution in [1.82, 2.24) is 5.43 Å². The van der Waals surface area contributed by atoms with Gasteiger partial charge in [-0.15, -0.1) is 0 Å². The molecule has 0 bridgehead atoms. The average molecular weight is 426 g/mol. The van der Waals surface area contributed by atoms with Crippen molar-refractivity contribution in [3.63, 3.8) is 0 Å². The van der Waals surface area contributed by atoms with Crippen LogP contribution in [0.3, 0.4) is 0 Å². The number of aromatic hydroxyl groups is 1. The van der Waals surface area contributed by atoms with Crippen molar-refractivity contribution >= 4 is 44.5 Å². The minimum Gasteiger partial charge on any atom is -0.507 e. The van der Waals surface area contributed by atoms with Crippen molar-refractivity contribution in [3.8, 4) is 5.75 Å². The molecule has 27 heavy (non-hydrogen) atoms. The topological polar surface area (TPSA) is 73.7 Å². The molecule has 3 N–H and O–H groups in total. The molecule has 0 spiro atoms. The van der Waals surface area contributed by atoms with Crippen LogP contribution in [0, 0.1) is 0 Å². The van der Waals surface area contributed by atoms with Gasteiger partial charge in [-0.05, 0) is 47.5 Å². The molecule has 3 aromatic carbocycles. The molecule has 0 unspecified atom stereocenters. The van der Waals surface area contributed by atoms with Gasteiger partial charge in [0.05, 0.1) is 6.21 Å². The van der Waals surface area contributed by atoms with Gasteiger partial charge in [-0.3, -0.25) is 4.79 Å². The minimum absolute atomic E-state index is 0.117. The fourth-order valence-corrected chi connectivity index (χ4v) is 3.02. The Morgan fingerprint density at radius 3 is 2.63 bits per heavy atom. The summed E-state index contributed by atoms with van der Waals surface area (Å²) in [5.41, 5.74) is 3.98. The fourth-order valence-electron chi connectivity index (χ4n) is 2.76. The minimum atomic E-state index is -0.413. The number of amides is 1. The van der Waals surface area contributed by atoms with Gasteiger partial charge in [0.1, 0.15) is 11.8 Å². The first kappa shape index (κ1) is 18.9. The zero-order valence-electron chi connectivity index (χ0n) is 14.8. The maximum absolute atomic E-state index is 12.4. The van der Waals surface area contributed by atoms with Gasteiger partial charge in [0.15, 0.2) is 0 Å². The lowest BCUT2D eigenvalue weighted by Crippen LogP contribution is -2.36. The molecular formula is C21H20BrN3O2. The molecule has 3 rings (SSSR count). The number of halogens is 1. The lowest BCUT2D eigenvalue weighted by molar-refractivity contribution is -0.121. The van der Waals surface area contributed by atoms with Crippen LogP contribution in [-0.2, 0) is 4.79 Å². The van der Waals surface area contributed by atoms with Crippen LogP contribution in [0.2, 0.25) is 0 Å². The molecule has 0 aliphatic heterocycles. The van der Waals surface area contributed by atoms with E-state index in [-0.39, 0.29) is 11.7 Å². The maximum atomic E-state index is 12.4. The summed E-state index contributed by atoms with van der Waals surface area (Å²) in [5.74, 6) is -0.122. The highest BCUT2D eigenvalue weighted by atomic mass is 79.9. The average Bonchev–Trinajstić information content (AvgIpc) is 2.69. The molecule has 6 heteroatoms. The molecule has 0 aromatic heterocycles. The molecule has 5 nitrogen and oxygen atoms in total. The molecule has 0 aliphatic rings. The second kappa shape index (κ2) is 8.68. The molecule has 0 aliphatic carbocycles. The normalized spacial score (nSPS) is 12.2. The highest BCUT2D eigenvalue weighted by Crippen LogP contribution is 2.25. The predicted molar refractivity (Wildman–Crippen MR) is 113 cm³/mol. The summed E-state index contributed by atoms with van der Waals surface area (Å²) in [6.07, 6.45) is 2.08. The Labute approximate surface area is 166 Å². The quantitative estimate of drug-likeness (QED) is 0.397. The Balaban J connectivity index is 1.70. The lowest BCUT2D eigenvalue weighted by atomic mass is 10.0. The van der Waals surface area contributed by atoms with Crippen molar-refractivity contribution < 1.29 is 9.90 Å². The summed E-state index contributed by atoms with van der Waals surface area (Å²) >= 11 is 3.39. The summed E-state index contributed by atoms with van der Waals surface area (Å²) in [5, 5.41) is 19.2. The van der Waals surface area contributed by atoms with Gasteiger partial charge in [0.2, 0.25) is 0 Å². The van der Waals surface area contributed by atoms with Crippen LogP contribution in [0.5, 0.6) is 5.75 Å². The van der Waals surface area contributed by atoms with Gasteiger partial charge in [-0.2, -0.15) is 5.10 Å². The number of fused-ring (bicyclic) bond motifs is 1. The Bertz CT molecular complexity index is 971. The first-order chi connectivity index (χ1) is 13.1. The van der Waals surface area contributed by atoms with E-state index in [9.17, 15) is 9.90 Å². The lowest BCUT2D eigenvalue weighted by Gasteiger charge is -2.16. The van der Waals surface area contributed by atoms with Gasteiger partial charge >= 0.3 is 0 Å². The molecule has 138 valence electrons. The molecule has 0 saturated carbocycles. The molecule has 0 fully saturated rings. The summed E-state index contributed by atoms with van der Waals surface area (Å²) in [7, 11) is 0. The van der Waals surface area contributed by atoms with Crippen molar-refractivity contribution in [2.75, 3.05) is 5.32 Å². The van der Waals surface area contributed by atoms with E-state index in [1.54, 1.807) is 6.07 Å². The Morgan fingerprint density at radius 2 is 1.89 bits per heavy atom. The second-order valence-electron chi connectivity index (χ2n) is 6.07. The van der Waals surface area contributed by atoms with Gasteiger partial charge in [-0.25, -0.2) is 5.43 Å². The number of carbonyl (C=O) groups excluding carboxylic acids is 1. The summed E-state index contributed by atoms with van der Waals surface area (Å²) in [4.78, 5) is 12.4. The molecule has 0 heterocycles. The third-order valence-corrected chi connectivity index (χ3v) is 4.75. The number of nitrogens with one attached hydrogen (secondary N) is 2. The molecular weight excluding hydrogens is 406 g/mol. The number of hydrogen-bond donors (Lipinski definition) is 3. The highest BCUT2D eigenvalue weighted by molar-refractivity contribution is 9.10. The fraction of sp³-hybridized carbons (Fsp3) is 0.143. The van der Waals surface area contributed by atoms with E-state index in [2.05, 4.69) is 31.8 Å². The largest absolute Gasteiger partial charge is 0.507 e. The third kappa shape index (κ3) is 4.65. The third-order valence-electron chi connectivity index (χ3n) is 4.23. The van der Waals surface area contributed by atoms with Crippen molar-refractivity contribution in [2.45, 2.75) is 19.4 Å². The zero-order valence-corrected chi connectivity index (χ0v) is 16.4. The molecule has 0 radical (unpaired) electrons. The summed E-state index contributed by atoms with van der Waals surface area (Å²) in [6, 6.07) is 18.4. The van der Waals surface area contributed by atoms with Gasteiger partial charge in [0, 0.05) is 15.7 Å². The number of phenolic OH excluding ortho intramolecular Hbond substituents is 1. The molecule has 0 saturated heterocycles. The number of carbonyl (C=O) groups is 1. The number of anilines is 1. The van der Waals surface area contributed by atoms with Crippen LogP contribution in [0.4, 0.5) is 5.69 Å². The monoisotopic (exact) mass is 425 g/mol. The number of rotatable bonds is 6. The van der Waals surface area contributed by atoms with Crippen LogP contribution in [0.1, 0.15) is 18.9 Å². The van der Waals surface area contributed by atoms with Crippen LogP contribution < -0.4 is 10.7 Å². The van der Waals surface area contributed by atoms with Crippen molar-refractivity contribution in [1.29, 1.82) is 0 Å². The van der Waals surface area contributed by atoms with E-state index in [0.29, 0.717) is 12.0 Å². The van der Waals surface area contributed by atoms with Gasteiger partial charge in [-0.1, -0.05) is 53.2 Å². The van der Waals surface area contributed by atoms with Crippen LogP contribution in [0.25, 0.3) is 10.8 Å². The number of hydrazone groups is 1. The Morgan fingerprint density at radius 1 is 1.15 bits per heavy atom.